The number of esters is 1. The van der Waals surface area contributed by atoms with Crippen molar-refractivity contribution in [3.05, 3.63) is 65.2 Å². The molecule has 0 amide bonds. The van der Waals surface area contributed by atoms with Gasteiger partial charge in [-0.25, -0.2) is 4.79 Å². The van der Waals surface area contributed by atoms with Crippen LogP contribution in [0.4, 0.5) is 0 Å². The molecule has 0 aliphatic heterocycles. The molecule has 0 heterocycles. The quantitative estimate of drug-likeness (QED) is 0.219. The predicted molar refractivity (Wildman–Crippen MR) is 130 cm³/mol. The molecule has 3 unspecified atom stereocenters. The highest BCUT2D eigenvalue weighted by molar-refractivity contribution is 5.91. The zero-order valence-corrected chi connectivity index (χ0v) is 19.7. The molecule has 3 rings (SSSR count). The molecule has 2 nitrogen and oxygen atoms in total. The first-order chi connectivity index (χ1) is 15.1. The Morgan fingerprint density at radius 1 is 0.903 bits per heavy atom. The van der Waals surface area contributed by atoms with Gasteiger partial charge in [0.15, 0.2) is 0 Å². The molecule has 1 aliphatic carbocycles. The minimum Gasteiger partial charge on any atom is -0.423 e. The van der Waals surface area contributed by atoms with Gasteiger partial charge in [0.2, 0.25) is 0 Å². The lowest BCUT2D eigenvalue weighted by Gasteiger charge is -2.34. The molecule has 0 saturated heterocycles. The molecule has 3 atom stereocenters. The summed E-state index contributed by atoms with van der Waals surface area (Å²) in [6.45, 7) is 6.90. The second kappa shape index (κ2) is 12.1. The summed E-state index contributed by atoms with van der Waals surface area (Å²) in [7, 11) is 0. The molecule has 2 aromatic carbocycles. The molecule has 1 aliphatic rings. The van der Waals surface area contributed by atoms with Crippen molar-refractivity contribution in [2.45, 2.75) is 90.9 Å². The Morgan fingerprint density at radius 2 is 1.61 bits per heavy atom. The monoisotopic (exact) mass is 420 g/mol. The first kappa shape index (κ1) is 23.6. The molecule has 2 aromatic rings. The first-order valence-electron chi connectivity index (χ1n) is 12.5. The van der Waals surface area contributed by atoms with E-state index >= 15 is 0 Å². The van der Waals surface area contributed by atoms with Gasteiger partial charge in [0.1, 0.15) is 5.75 Å². The van der Waals surface area contributed by atoms with E-state index in [1.165, 1.54) is 68.9 Å². The molecule has 168 valence electrons. The van der Waals surface area contributed by atoms with Crippen LogP contribution in [0.15, 0.2) is 48.5 Å². The van der Waals surface area contributed by atoms with Gasteiger partial charge in [-0.15, -0.1) is 0 Å². The molecular weight excluding hydrogens is 380 g/mol. The fourth-order valence-electron chi connectivity index (χ4n) is 5.09. The van der Waals surface area contributed by atoms with Crippen LogP contribution in [0.3, 0.4) is 0 Å². The van der Waals surface area contributed by atoms with E-state index in [2.05, 4.69) is 45.0 Å². The molecule has 0 radical (unpaired) electrons. The lowest BCUT2D eigenvalue weighted by atomic mass is 9.71. The molecule has 0 spiro atoms. The highest BCUT2D eigenvalue weighted by Gasteiger charge is 2.28. The third-order valence-corrected chi connectivity index (χ3v) is 7.02. The van der Waals surface area contributed by atoms with Gasteiger partial charge in [-0.1, -0.05) is 77.1 Å². The Morgan fingerprint density at radius 3 is 2.26 bits per heavy atom. The van der Waals surface area contributed by atoms with E-state index in [1.807, 2.05) is 24.3 Å². The molecular formula is C29H40O2. The number of carbonyl (C=O) groups excluding carboxylic acids is 1. The number of hydrogen-bond donors (Lipinski definition) is 0. The molecule has 1 fully saturated rings. The lowest BCUT2D eigenvalue weighted by Crippen LogP contribution is -2.21. The Kier molecular flexibility index (Phi) is 9.18. The van der Waals surface area contributed by atoms with Crippen molar-refractivity contribution in [2.24, 2.45) is 11.8 Å². The zero-order chi connectivity index (χ0) is 22.1. The van der Waals surface area contributed by atoms with Crippen molar-refractivity contribution in [1.29, 1.82) is 0 Å². The number of hydrogen-bond acceptors (Lipinski definition) is 2. The maximum absolute atomic E-state index is 12.6. The van der Waals surface area contributed by atoms with Crippen LogP contribution in [-0.4, -0.2) is 5.97 Å². The third kappa shape index (κ3) is 6.95. The maximum Gasteiger partial charge on any atom is 0.343 e. The second-order valence-corrected chi connectivity index (χ2v) is 9.52. The highest BCUT2D eigenvalue weighted by Crippen LogP contribution is 2.41. The molecule has 2 heteroatoms. The smallest absolute Gasteiger partial charge is 0.343 e. The first-order valence-corrected chi connectivity index (χ1v) is 12.5. The predicted octanol–water partition coefficient (Wildman–Crippen LogP) is 8.35. The molecule has 1 saturated carbocycles. The summed E-state index contributed by atoms with van der Waals surface area (Å²) in [5.41, 5.74) is 3.30. The van der Waals surface area contributed by atoms with E-state index in [1.54, 1.807) is 0 Å². The SMILES string of the molecule is CCCCCc1ccc(OC(=O)c2ccc(C3CCC(CCCC)CC3C)cc2)cc1. The van der Waals surface area contributed by atoms with E-state index in [0.717, 1.165) is 12.3 Å². The lowest BCUT2D eigenvalue weighted by molar-refractivity contribution is 0.0734. The summed E-state index contributed by atoms with van der Waals surface area (Å²) < 4.78 is 5.60. The molecule has 0 bridgehead atoms. The Balaban J connectivity index is 1.53. The van der Waals surface area contributed by atoms with E-state index in [4.69, 9.17) is 4.74 Å². The van der Waals surface area contributed by atoms with Crippen LogP contribution in [-0.2, 0) is 6.42 Å². The van der Waals surface area contributed by atoms with E-state index in [0.29, 0.717) is 23.1 Å². The zero-order valence-electron chi connectivity index (χ0n) is 19.7. The Hall–Kier alpha value is -2.09. The van der Waals surface area contributed by atoms with Gasteiger partial charge in [-0.2, -0.15) is 0 Å². The summed E-state index contributed by atoms with van der Waals surface area (Å²) in [6, 6.07) is 16.1. The summed E-state index contributed by atoms with van der Waals surface area (Å²) in [4.78, 5) is 12.6. The van der Waals surface area contributed by atoms with Gasteiger partial charge in [0, 0.05) is 0 Å². The van der Waals surface area contributed by atoms with Crippen molar-refractivity contribution < 1.29 is 9.53 Å². The molecule has 0 aromatic heterocycles. The van der Waals surface area contributed by atoms with Gasteiger partial charge >= 0.3 is 5.97 Å². The fourth-order valence-corrected chi connectivity index (χ4v) is 5.09. The minimum absolute atomic E-state index is 0.276. The van der Waals surface area contributed by atoms with Crippen LogP contribution in [0.2, 0.25) is 0 Å². The number of carbonyl (C=O) groups is 1. The average molecular weight is 421 g/mol. The standard InChI is InChI=1S/C29H40O2/c1-4-6-8-10-23-11-18-27(19-12-23)31-29(30)26-16-14-25(15-17-26)28-20-13-24(9-7-5-2)21-22(28)3/h11-12,14-19,22,24,28H,4-10,13,20-21H2,1-3H3. The maximum atomic E-state index is 12.6. The fraction of sp³-hybridized carbons (Fsp3) is 0.552. The summed E-state index contributed by atoms with van der Waals surface area (Å²) in [5.74, 6) is 2.57. The van der Waals surface area contributed by atoms with Crippen LogP contribution < -0.4 is 4.74 Å². The minimum atomic E-state index is -0.276. The average Bonchev–Trinajstić information content (AvgIpc) is 2.79. The van der Waals surface area contributed by atoms with Crippen LogP contribution in [0, 0.1) is 11.8 Å². The largest absolute Gasteiger partial charge is 0.423 e. The van der Waals surface area contributed by atoms with Gasteiger partial charge in [0.25, 0.3) is 0 Å². The van der Waals surface area contributed by atoms with E-state index in [-0.39, 0.29) is 5.97 Å². The third-order valence-electron chi connectivity index (χ3n) is 7.02. The van der Waals surface area contributed by atoms with E-state index in [9.17, 15) is 4.79 Å². The van der Waals surface area contributed by atoms with Crippen LogP contribution in [0.5, 0.6) is 5.75 Å². The normalized spacial score (nSPS) is 21.1. The van der Waals surface area contributed by atoms with Crippen molar-refractivity contribution in [1.82, 2.24) is 0 Å². The number of aryl methyl sites for hydroxylation is 1. The van der Waals surface area contributed by atoms with Crippen LogP contribution in [0.1, 0.15) is 106 Å². The van der Waals surface area contributed by atoms with Gasteiger partial charge in [-0.05, 0) is 85.3 Å². The second-order valence-electron chi connectivity index (χ2n) is 9.52. The van der Waals surface area contributed by atoms with Crippen molar-refractivity contribution >= 4 is 5.97 Å². The molecule has 31 heavy (non-hydrogen) atoms. The van der Waals surface area contributed by atoms with Crippen LogP contribution >= 0.6 is 0 Å². The van der Waals surface area contributed by atoms with Gasteiger partial charge in [-0.3, -0.25) is 0 Å². The summed E-state index contributed by atoms with van der Waals surface area (Å²) in [5, 5.41) is 0. The van der Waals surface area contributed by atoms with Crippen molar-refractivity contribution in [3.63, 3.8) is 0 Å². The Labute approximate surface area is 189 Å². The topological polar surface area (TPSA) is 26.3 Å². The number of benzene rings is 2. The van der Waals surface area contributed by atoms with Crippen molar-refractivity contribution in [2.75, 3.05) is 0 Å². The van der Waals surface area contributed by atoms with Gasteiger partial charge in [0.05, 0.1) is 5.56 Å². The van der Waals surface area contributed by atoms with Crippen LogP contribution in [0.25, 0.3) is 0 Å². The summed E-state index contributed by atoms with van der Waals surface area (Å²) in [6.07, 6.45) is 12.8. The Bertz CT molecular complexity index is 790. The number of rotatable bonds is 10. The number of ether oxygens (including phenoxy) is 1. The molecule has 0 N–H and O–H groups in total. The van der Waals surface area contributed by atoms with Crippen molar-refractivity contribution in [3.8, 4) is 5.75 Å². The highest BCUT2D eigenvalue weighted by atomic mass is 16.5. The summed E-state index contributed by atoms with van der Waals surface area (Å²) >= 11 is 0. The van der Waals surface area contributed by atoms with E-state index < -0.39 is 0 Å². The number of unbranched alkanes of at least 4 members (excludes halogenated alkanes) is 3. The van der Waals surface area contributed by atoms with Gasteiger partial charge < -0.3 is 4.74 Å².